The van der Waals surface area contributed by atoms with Gasteiger partial charge in [0, 0.05) is 12.1 Å². The normalized spacial score (nSPS) is 25.6. The van der Waals surface area contributed by atoms with Gasteiger partial charge in [-0.1, -0.05) is 0 Å². The molecule has 1 unspecified atom stereocenters. The van der Waals surface area contributed by atoms with Crippen LogP contribution < -0.4 is 10.1 Å². The highest BCUT2D eigenvalue weighted by molar-refractivity contribution is 5.86. The molecule has 29 heavy (non-hydrogen) atoms. The van der Waals surface area contributed by atoms with E-state index < -0.39 is 29.0 Å². The quantitative estimate of drug-likeness (QED) is 0.767. The van der Waals surface area contributed by atoms with E-state index in [2.05, 4.69) is 5.32 Å². The molecule has 2 fully saturated rings. The van der Waals surface area contributed by atoms with E-state index in [0.29, 0.717) is 18.6 Å². The molecule has 0 spiro atoms. The van der Waals surface area contributed by atoms with Crippen molar-refractivity contribution in [3.63, 3.8) is 0 Å². The first-order valence-electron chi connectivity index (χ1n) is 9.90. The second-order valence-electron chi connectivity index (χ2n) is 8.88. The molecule has 1 amide bonds. The van der Waals surface area contributed by atoms with Crippen molar-refractivity contribution in [1.82, 2.24) is 5.32 Å². The summed E-state index contributed by atoms with van der Waals surface area (Å²) in [6.07, 6.45) is -2.48. The lowest BCUT2D eigenvalue weighted by atomic mass is 9.87. The first-order valence-corrected chi connectivity index (χ1v) is 9.90. The van der Waals surface area contributed by atoms with E-state index in [9.17, 15) is 23.1 Å². The average molecular weight is 415 g/mol. The lowest BCUT2D eigenvalue weighted by molar-refractivity contribution is -0.169. The maximum absolute atomic E-state index is 13.2. The van der Waals surface area contributed by atoms with Crippen LogP contribution in [0.15, 0.2) is 18.2 Å². The van der Waals surface area contributed by atoms with Gasteiger partial charge < -0.3 is 19.9 Å². The molecule has 8 heteroatoms. The highest BCUT2D eigenvalue weighted by atomic mass is 19.4. The van der Waals surface area contributed by atoms with Gasteiger partial charge in [0.2, 0.25) is 0 Å². The minimum atomic E-state index is -4.49. The Kier molecular flexibility index (Phi) is 5.89. The molecule has 0 radical (unpaired) electrons. The number of ether oxygens (including phenoxy) is 2. The minimum absolute atomic E-state index is 0.0850. The summed E-state index contributed by atoms with van der Waals surface area (Å²) in [5.41, 5.74) is -2.15. The van der Waals surface area contributed by atoms with Gasteiger partial charge in [0.15, 0.2) is 0 Å². The van der Waals surface area contributed by atoms with Crippen LogP contribution in [0.4, 0.5) is 13.2 Å². The summed E-state index contributed by atoms with van der Waals surface area (Å²) < 4.78 is 51.1. The van der Waals surface area contributed by atoms with Gasteiger partial charge in [-0.2, -0.15) is 13.2 Å². The van der Waals surface area contributed by atoms with E-state index in [1.54, 1.807) is 20.8 Å². The fourth-order valence-corrected chi connectivity index (χ4v) is 3.67. The number of halogens is 3. The Hall–Kier alpha value is -1.80. The summed E-state index contributed by atoms with van der Waals surface area (Å²) in [5.74, 6) is 0.0408. The number of aliphatic hydroxyl groups excluding tert-OH is 1. The molecule has 1 aliphatic heterocycles. The number of hydrogen-bond acceptors (Lipinski definition) is 4. The number of benzene rings is 1. The molecule has 1 saturated carbocycles. The Balaban J connectivity index is 1.79. The molecule has 3 rings (SSSR count). The van der Waals surface area contributed by atoms with Crippen LogP contribution in [-0.2, 0) is 22.3 Å². The third-order valence-corrected chi connectivity index (χ3v) is 5.25. The lowest BCUT2D eigenvalue weighted by Gasteiger charge is -2.38. The minimum Gasteiger partial charge on any atom is -0.488 e. The number of aliphatic hydroxyl groups is 1. The molecule has 1 aromatic rings. The van der Waals surface area contributed by atoms with Gasteiger partial charge >= 0.3 is 6.18 Å². The van der Waals surface area contributed by atoms with Crippen LogP contribution in [0.5, 0.6) is 5.75 Å². The number of carbonyl (C=O) groups is 1. The van der Waals surface area contributed by atoms with Crippen LogP contribution in [0.25, 0.3) is 0 Å². The Morgan fingerprint density at radius 1 is 1.28 bits per heavy atom. The van der Waals surface area contributed by atoms with E-state index >= 15 is 0 Å². The van der Waals surface area contributed by atoms with Crippen LogP contribution in [-0.4, -0.2) is 34.9 Å². The van der Waals surface area contributed by atoms with Crippen LogP contribution in [0.2, 0.25) is 0 Å². The van der Waals surface area contributed by atoms with Crippen molar-refractivity contribution in [2.75, 3.05) is 6.61 Å². The van der Waals surface area contributed by atoms with Gasteiger partial charge in [0.25, 0.3) is 5.91 Å². The predicted octanol–water partition coefficient (Wildman–Crippen LogP) is 3.82. The second kappa shape index (κ2) is 7.80. The van der Waals surface area contributed by atoms with Gasteiger partial charge in [0.1, 0.15) is 17.0 Å². The van der Waals surface area contributed by atoms with Crippen molar-refractivity contribution in [3.05, 3.63) is 29.3 Å². The Bertz CT molecular complexity index is 745. The first-order chi connectivity index (χ1) is 13.4. The smallest absolute Gasteiger partial charge is 0.416 e. The molecule has 2 aliphatic rings. The maximum atomic E-state index is 13.2. The van der Waals surface area contributed by atoms with Crippen molar-refractivity contribution in [2.45, 2.75) is 76.5 Å². The van der Waals surface area contributed by atoms with Crippen molar-refractivity contribution >= 4 is 5.91 Å². The fraction of sp³-hybridized carbons (Fsp3) is 0.667. The van der Waals surface area contributed by atoms with E-state index in [1.165, 1.54) is 6.07 Å². The Morgan fingerprint density at radius 3 is 2.48 bits per heavy atom. The number of alkyl halides is 3. The van der Waals surface area contributed by atoms with E-state index in [4.69, 9.17) is 9.47 Å². The summed E-state index contributed by atoms with van der Waals surface area (Å²) >= 11 is 0. The molecule has 1 saturated heterocycles. The van der Waals surface area contributed by atoms with Gasteiger partial charge in [-0.3, -0.25) is 4.79 Å². The number of amides is 1. The molecule has 1 aromatic carbocycles. The van der Waals surface area contributed by atoms with Crippen molar-refractivity contribution in [2.24, 2.45) is 5.92 Å². The monoisotopic (exact) mass is 415 g/mol. The van der Waals surface area contributed by atoms with Gasteiger partial charge in [-0.15, -0.1) is 0 Å². The van der Waals surface area contributed by atoms with Gasteiger partial charge in [-0.25, -0.2) is 0 Å². The third-order valence-electron chi connectivity index (χ3n) is 5.25. The van der Waals surface area contributed by atoms with Crippen LogP contribution >= 0.6 is 0 Å². The topological polar surface area (TPSA) is 67.8 Å². The number of hydrogen-bond donors (Lipinski definition) is 2. The van der Waals surface area contributed by atoms with Crippen molar-refractivity contribution in [3.8, 4) is 5.75 Å². The van der Waals surface area contributed by atoms with Gasteiger partial charge in [-0.05, 0) is 70.6 Å². The average Bonchev–Trinajstić information content (AvgIpc) is 3.44. The lowest BCUT2D eigenvalue weighted by Crippen LogP contribution is -2.54. The molecule has 5 nitrogen and oxygen atoms in total. The molecule has 162 valence electrons. The standard InChI is InChI=1S/C21H28F3NO4/c1-19(2,3)29-17-7-6-15(21(22,23)24)10-13(17)11-25-18(27)20(14-4-5-14)9-8-16(26)12-28-20/h6-7,10,14,16,26H,4-5,8-9,11-12H2,1-3H3,(H,25,27)/t16?,20-/m0/s1. The van der Waals surface area contributed by atoms with Crippen molar-refractivity contribution in [1.29, 1.82) is 0 Å². The van der Waals surface area contributed by atoms with Gasteiger partial charge in [0.05, 0.1) is 18.3 Å². The summed E-state index contributed by atoms with van der Waals surface area (Å²) in [4.78, 5) is 13.0. The SMILES string of the molecule is CC(C)(C)Oc1ccc(C(F)(F)F)cc1CNC(=O)[C@@]1(C2CC2)CCC(O)CO1. The zero-order valence-corrected chi connectivity index (χ0v) is 16.9. The van der Waals surface area contributed by atoms with E-state index in [0.717, 1.165) is 25.0 Å². The van der Waals surface area contributed by atoms with E-state index in [1.807, 2.05) is 0 Å². The van der Waals surface area contributed by atoms with Crippen LogP contribution in [0.3, 0.4) is 0 Å². The fourth-order valence-electron chi connectivity index (χ4n) is 3.67. The summed E-state index contributed by atoms with van der Waals surface area (Å²) in [6, 6.07) is 3.28. The highest BCUT2D eigenvalue weighted by Crippen LogP contribution is 2.46. The molecule has 0 aromatic heterocycles. The first kappa shape index (κ1) is 21.9. The number of rotatable bonds is 5. The molecule has 0 bridgehead atoms. The van der Waals surface area contributed by atoms with Crippen molar-refractivity contribution < 1.29 is 32.5 Å². The van der Waals surface area contributed by atoms with Crippen LogP contribution in [0, 0.1) is 5.92 Å². The molecular weight excluding hydrogens is 387 g/mol. The number of carbonyl (C=O) groups excluding carboxylic acids is 1. The highest BCUT2D eigenvalue weighted by Gasteiger charge is 2.53. The zero-order valence-electron chi connectivity index (χ0n) is 16.9. The molecule has 1 aliphatic carbocycles. The Labute approximate surface area is 168 Å². The summed E-state index contributed by atoms with van der Waals surface area (Å²) in [6.45, 7) is 5.39. The third kappa shape index (κ3) is 5.22. The molecular formula is C21H28F3NO4. The maximum Gasteiger partial charge on any atom is 0.416 e. The molecule has 1 heterocycles. The summed E-state index contributed by atoms with van der Waals surface area (Å²) in [7, 11) is 0. The summed E-state index contributed by atoms with van der Waals surface area (Å²) in [5, 5.41) is 12.5. The number of nitrogens with one attached hydrogen (secondary N) is 1. The van der Waals surface area contributed by atoms with Crippen LogP contribution in [0.1, 0.15) is 57.6 Å². The van der Waals surface area contributed by atoms with E-state index in [-0.39, 0.29) is 30.5 Å². The molecule has 2 atom stereocenters. The second-order valence-corrected chi connectivity index (χ2v) is 8.88. The predicted molar refractivity (Wildman–Crippen MR) is 100 cm³/mol. The Morgan fingerprint density at radius 2 is 1.97 bits per heavy atom. The largest absolute Gasteiger partial charge is 0.488 e. The molecule has 2 N–H and O–H groups in total. The zero-order chi connectivity index (χ0) is 21.4.